The molecule has 1 N–H and O–H groups in total. The van der Waals surface area contributed by atoms with Crippen molar-refractivity contribution >= 4 is 5.91 Å². The standard InChI is InChI=1S/C20H25N3O/c24-20(11-19-10-15-4-5-18(19)9-15)22-12-16-2-1-3-17(8-16)13-23-7-6-21-14-23/h1-3,6-8,14-15,18-19H,4-5,9-13H2,(H,22,24)/t15-,18-,19+/m1/s1. The summed E-state index contributed by atoms with van der Waals surface area (Å²) in [4.78, 5) is 16.3. The van der Waals surface area contributed by atoms with E-state index in [1.807, 2.05) is 17.1 Å². The summed E-state index contributed by atoms with van der Waals surface area (Å²) in [6.45, 7) is 1.43. The summed E-state index contributed by atoms with van der Waals surface area (Å²) >= 11 is 0. The molecule has 2 aliphatic carbocycles. The summed E-state index contributed by atoms with van der Waals surface area (Å²) in [6.07, 6.45) is 11.7. The summed E-state index contributed by atoms with van der Waals surface area (Å²) in [5, 5.41) is 3.11. The minimum Gasteiger partial charge on any atom is -0.352 e. The molecule has 2 aromatic rings. The number of nitrogens with one attached hydrogen (secondary N) is 1. The Morgan fingerprint density at radius 1 is 1.25 bits per heavy atom. The van der Waals surface area contributed by atoms with Crippen LogP contribution in [0.4, 0.5) is 0 Å². The highest BCUT2D eigenvalue weighted by molar-refractivity contribution is 5.76. The minimum absolute atomic E-state index is 0.215. The molecule has 1 heterocycles. The molecule has 0 radical (unpaired) electrons. The van der Waals surface area contributed by atoms with E-state index in [0.717, 1.165) is 30.4 Å². The van der Waals surface area contributed by atoms with Gasteiger partial charge in [-0.2, -0.15) is 0 Å². The summed E-state index contributed by atoms with van der Waals surface area (Å²) < 4.78 is 2.05. The van der Waals surface area contributed by atoms with E-state index in [1.165, 1.54) is 31.2 Å². The second-order valence-electron chi connectivity index (χ2n) is 7.47. The van der Waals surface area contributed by atoms with E-state index in [0.29, 0.717) is 12.5 Å². The average molecular weight is 323 g/mol. The second-order valence-corrected chi connectivity index (χ2v) is 7.47. The van der Waals surface area contributed by atoms with Crippen LogP contribution in [-0.2, 0) is 17.9 Å². The Morgan fingerprint density at radius 3 is 2.92 bits per heavy atom. The van der Waals surface area contributed by atoms with E-state index in [2.05, 4.69) is 34.6 Å². The predicted octanol–water partition coefficient (Wildman–Crippen LogP) is 3.37. The lowest BCUT2D eigenvalue weighted by Crippen LogP contribution is -2.26. The molecule has 24 heavy (non-hydrogen) atoms. The molecule has 4 rings (SSSR count). The smallest absolute Gasteiger partial charge is 0.220 e. The van der Waals surface area contributed by atoms with Crippen molar-refractivity contribution in [3.63, 3.8) is 0 Å². The molecule has 0 spiro atoms. The third-order valence-electron chi connectivity index (χ3n) is 5.74. The first kappa shape index (κ1) is 15.4. The molecule has 2 aliphatic rings. The van der Waals surface area contributed by atoms with Crippen LogP contribution in [0.5, 0.6) is 0 Å². The van der Waals surface area contributed by atoms with Gasteiger partial charge in [-0.15, -0.1) is 0 Å². The molecule has 0 unspecified atom stereocenters. The summed E-state index contributed by atoms with van der Waals surface area (Å²) in [6, 6.07) is 8.41. The number of amides is 1. The third-order valence-corrected chi connectivity index (χ3v) is 5.74. The quantitative estimate of drug-likeness (QED) is 0.886. The fourth-order valence-electron chi connectivity index (χ4n) is 4.57. The van der Waals surface area contributed by atoms with Crippen LogP contribution >= 0.6 is 0 Å². The lowest BCUT2D eigenvalue weighted by Gasteiger charge is -2.20. The molecule has 126 valence electrons. The van der Waals surface area contributed by atoms with Crippen molar-refractivity contribution in [3.8, 4) is 0 Å². The monoisotopic (exact) mass is 323 g/mol. The number of carbonyl (C=O) groups excluding carboxylic acids is 1. The number of aromatic nitrogens is 2. The number of imidazole rings is 1. The Hall–Kier alpha value is -2.10. The first-order chi connectivity index (χ1) is 11.8. The van der Waals surface area contributed by atoms with E-state index < -0.39 is 0 Å². The molecule has 2 fully saturated rings. The van der Waals surface area contributed by atoms with Crippen molar-refractivity contribution in [3.05, 3.63) is 54.1 Å². The van der Waals surface area contributed by atoms with Crippen LogP contribution in [0.3, 0.4) is 0 Å². The van der Waals surface area contributed by atoms with Crippen molar-refractivity contribution in [2.45, 2.75) is 45.2 Å². The average Bonchev–Trinajstić information content (AvgIpc) is 3.31. The molecule has 1 aromatic carbocycles. The molecular weight excluding hydrogens is 298 g/mol. The van der Waals surface area contributed by atoms with E-state index >= 15 is 0 Å². The van der Waals surface area contributed by atoms with Gasteiger partial charge in [-0.3, -0.25) is 4.79 Å². The highest BCUT2D eigenvalue weighted by atomic mass is 16.1. The van der Waals surface area contributed by atoms with E-state index in [9.17, 15) is 4.79 Å². The molecule has 1 amide bonds. The SMILES string of the molecule is O=C(C[C@@H]1C[C@@H]2CC[C@@H]1C2)NCc1cccc(Cn2ccnc2)c1. The molecule has 4 nitrogen and oxygen atoms in total. The van der Waals surface area contributed by atoms with Crippen LogP contribution in [0.2, 0.25) is 0 Å². The van der Waals surface area contributed by atoms with E-state index in [1.54, 1.807) is 6.20 Å². The number of benzene rings is 1. The molecule has 0 saturated heterocycles. The van der Waals surface area contributed by atoms with Gasteiger partial charge in [-0.25, -0.2) is 4.98 Å². The van der Waals surface area contributed by atoms with Gasteiger partial charge < -0.3 is 9.88 Å². The highest BCUT2D eigenvalue weighted by Gasteiger charge is 2.39. The molecular formula is C20H25N3O. The Labute approximate surface area is 143 Å². The summed E-state index contributed by atoms with van der Waals surface area (Å²) in [5.74, 6) is 2.58. The van der Waals surface area contributed by atoms with Crippen LogP contribution < -0.4 is 5.32 Å². The van der Waals surface area contributed by atoms with Gasteiger partial charge in [0.25, 0.3) is 0 Å². The van der Waals surface area contributed by atoms with Crippen molar-refractivity contribution in [1.82, 2.24) is 14.9 Å². The maximum Gasteiger partial charge on any atom is 0.220 e. The maximum absolute atomic E-state index is 12.3. The molecule has 2 saturated carbocycles. The lowest BCUT2D eigenvalue weighted by molar-refractivity contribution is -0.122. The number of nitrogens with zero attached hydrogens (tertiary/aromatic N) is 2. The first-order valence-electron chi connectivity index (χ1n) is 9.06. The normalized spacial score (nSPS) is 25.1. The fraction of sp³-hybridized carbons (Fsp3) is 0.500. The Morgan fingerprint density at radius 2 is 2.17 bits per heavy atom. The van der Waals surface area contributed by atoms with Crippen LogP contribution in [0.1, 0.15) is 43.2 Å². The molecule has 4 heteroatoms. The zero-order valence-corrected chi connectivity index (χ0v) is 14.0. The maximum atomic E-state index is 12.3. The summed E-state index contributed by atoms with van der Waals surface area (Å²) in [5.41, 5.74) is 2.39. The molecule has 1 aromatic heterocycles. The van der Waals surface area contributed by atoms with Gasteiger partial charge in [-0.1, -0.05) is 30.7 Å². The van der Waals surface area contributed by atoms with Gasteiger partial charge in [0, 0.05) is 31.9 Å². The third kappa shape index (κ3) is 3.53. The first-order valence-corrected chi connectivity index (χ1v) is 9.06. The van der Waals surface area contributed by atoms with Crippen molar-refractivity contribution in [2.75, 3.05) is 0 Å². The van der Waals surface area contributed by atoms with Gasteiger partial charge in [0.05, 0.1) is 6.33 Å². The Bertz CT molecular complexity index is 695. The topological polar surface area (TPSA) is 46.9 Å². The van der Waals surface area contributed by atoms with E-state index in [-0.39, 0.29) is 5.91 Å². The predicted molar refractivity (Wildman–Crippen MR) is 93.2 cm³/mol. The lowest BCUT2D eigenvalue weighted by atomic mass is 9.86. The number of rotatable bonds is 6. The largest absolute Gasteiger partial charge is 0.352 e. The second kappa shape index (κ2) is 6.80. The van der Waals surface area contributed by atoms with Crippen LogP contribution in [-0.4, -0.2) is 15.5 Å². The van der Waals surface area contributed by atoms with Gasteiger partial charge in [0.15, 0.2) is 0 Å². The molecule has 2 bridgehead atoms. The molecule has 3 atom stereocenters. The number of fused-ring (bicyclic) bond motifs is 2. The van der Waals surface area contributed by atoms with Gasteiger partial charge in [0.1, 0.15) is 0 Å². The van der Waals surface area contributed by atoms with Crippen molar-refractivity contribution in [2.24, 2.45) is 17.8 Å². The number of carbonyl (C=O) groups is 1. The zero-order valence-electron chi connectivity index (χ0n) is 14.0. The van der Waals surface area contributed by atoms with Crippen LogP contribution in [0, 0.1) is 17.8 Å². The Balaban J connectivity index is 1.28. The van der Waals surface area contributed by atoms with Crippen molar-refractivity contribution in [1.29, 1.82) is 0 Å². The summed E-state index contributed by atoms with van der Waals surface area (Å²) in [7, 11) is 0. The number of hydrogen-bond acceptors (Lipinski definition) is 2. The number of hydrogen-bond donors (Lipinski definition) is 1. The van der Waals surface area contributed by atoms with Crippen LogP contribution in [0.15, 0.2) is 43.0 Å². The highest BCUT2D eigenvalue weighted by Crippen LogP contribution is 2.49. The zero-order chi connectivity index (χ0) is 16.4. The van der Waals surface area contributed by atoms with Gasteiger partial charge >= 0.3 is 0 Å². The van der Waals surface area contributed by atoms with Gasteiger partial charge in [0.2, 0.25) is 5.91 Å². The molecule has 0 aliphatic heterocycles. The van der Waals surface area contributed by atoms with Gasteiger partial charge in [-0.05, 0) is 48.1 Å². The van der Waals surface area contributed by atoms with Crippen molar-refractivity contribution < 1.29 is 4.79 Å². The minimum atomic E-state index is 0.215. The van der Waals surface area contributed by atoms with E-state index in [4.69, 9.17) is 0 Å². The Kier molecular flexibility index (Phi) is 4.37. The fourth-order valence-corrected chi connectivity index (χ4v) is 4.57. The van der Waals surface area contributed by atoms with Crippen LogP contribution in [0.25, 0.3) is 0 Å².